The van der Waals surface area contributed by atoms with E-state index in [0.29, 0.717) is 6.54 Å². The topological polar surface area (TPSA) is 64.1 Å². The van der Waals surface area contributed by atoms with Crippen molar-refractivity contribution in [1.82, 2.24) is 9.78 Å². The van der Waals surface area contributed by atoms with Gasteiger partial charge in [0.1, 0.15) is 0 Å². The lowest BCUT2D eigenvalue weighted by Gasteiger charge is -2.20. The standard InChI is InChI=1S/C10H19N3O/c1-10(14,9-11)5-2-3-7-13-8-4-6-12-13/h4,6,8,14H,2-3,5,7,9,11H2,1H3. The van der Waals surface area contributed by atoms with Gasteiger partial charge >= 0.3 is 0 Å². The van der Waals surface area contributed by atoms with Gasteiger partial charge in [0, 0.05) is 25.5 Å². The zero-order chi connectivity index (χ0) is 10.4. The highest BCUT2D eigenvalue weighted by atomic mass is 16.3. The maximum Gasteiger partial charge on any atom is 0.0741 e. The average molecular weight is 197 g/mol. The van der Waals surface area contributed by atoms with Crippen LogP contribution < -0.4 is 5.73 Å². The van der Waals surface area contributed by atoms with Gasteiger partial charge in [0.25, 0.3) is 0 Å². The number of hydrogen-bond donors (Lipinski definition) is 2. The number of aromatic nitrogens is 2. The van der Waals surface area contributed by atoms with Crippen LogP contribution in [0, 0.1) is 0 Å². The third-order valence-corrected chi connectivity index (χ3v) is 2.35. The van der Waals surface area contributed by atoms with Crippen LogP contribution in [0.15, 0.2) is 18.5 Å². The van der Waals surface area contributed by atoms with E-state index in [1.807, 2.05) is 16.9 Å². The lowest BCUT2D eigenvalue weighted by molar-refractivity contribution is 0.0569. The average Bonchev–Trinajstić information content (AvgIpc) is 2.65. The molecule has 1 aromatic rings. The first-order valence-corrected chi connectivity index (χ1v) is 5.04. The lowest BCUT2D eigenvalue weighted by Crippen LogP contribution is -2.33. The van der Waals surface area contributed by atoms with Crippen molar-refractivity contribution in [2.75, 3.05) is 6.54 Å². The van der Waals surface area contributed by atoms with Gasteiger partial charge in [0.2, 0.25) is 0 Å². The van der Waals surface area contributed by atoms with E-state index >= 15 is 0 Å². The van der Waals surface area contributed by atoms with Crippen molar-refractivity contribution in [2.45, 2.75) is 38.3 Å². The highest BCUT2D eigenvalue weighted by Gasteiger charge is 2.16. The summed E-state index contributed by atoms with van der Waals surface area (Å²) in [6.45, 7) is 3.02. The molecule has 0 aliphatic carbocycles. The van der Waals surface area contributed by atoms with E-state index in [0.717, 1.165) is 25.8 Å². The van der Waals surface area contributed by atoms with Crippen molar-refractivity contribution in [3.63, 3.8) is 0 Å². The molecule has 1 unspecified atom stereocenters. The maximum absolute atomic E-state index is 9.63. The predicted octanol–water partition coefficient (Wildman–Crippen LogP) is 0.763. The monoisotopic (exact) mass is 197 g/mol. The number of unbranched alkanes of at least 4 members (excludes halogenated alkanes) is 1. The molecule has 3 N–H and O–H groups in total. The molecule has 1 aromatic heterocycles. The minimum Gasteiger partial charge on any atom is -0.389 e. The summed E-state index contributed by atoms with van der Waals surface area (Å²) < 4.78 is 1.90. The minimum absolute atomic E-state index is 0.328. The van der Waals surface area contributed by atoms with Crippen molar-refractivity contribution in [3.05, 3.63) is 18.5 Å². The molecule has 0 saturated heterocycles. The van der Waals surface area contributed by atoms with Crippen LogP contribution in [-0.4, -0.2) is 27.0 Å². The number of rotatable bonds is 6. The second-order valence-electron chi connectivity index (χ2n) is 3.93. The van der Waals surface area contributed by atoms with Gasteiger partial charge in [-0.05, 0) is 32.3 Å². The van der Waals surface area contributed by atoms with E-state index in [9.17, 15) is 5.11 Å². The van der Waals surface area contributed by atoms with Crippen LogP contribution in [0.5, 0.6) is 0 Å². The number of aryl methyl sites for hydroxylation is 1. The SMILES string of the molecule is CC(O)(CN)CCCCn1cccn1. The number of nitrogens with two attached hydrogens (primary N) is 1. The highest BCUT2D eigenvalue weighted by Crippen LogP contribution is 2.11. The summed E-state index contributed by atoms with van der Waals surface area (Å²) in [7, 11) is 0. The molecule has 0 aromatic carbocycles. The molecule has 0 amide bonds. The Labute approximate surface area is 84.7 Å². The molecule has 1 atom stereocenters. The van der Waals surface area contributed by atoms with Crippen molar-refractivity contribution in [1.29, 1.82) is 0 Å². The summed E-state index contributed by atoms with van der Waals surface area (Å²) in [5, 5.41) is 13.7. The van der Waals surface area contributed by atoms with Crippen molar-refractivity contribution in [2.24, 2.45) is 5.73 Å². The molecule has 80 valence electrons. The first-order valence-electron chi connectivity index (χ1n) is 5.04. The van der Waals surface area contributed by atoms with Gasteiger partial charge in [-0.2, -0.15) is 5.10 Å². The molecule has 4 nitrogen and oxygen atoms in total. The molecular formula is C10H19N3O. The number of aliphatic hydroxyl groups is 1. The third-order valence-electron chi connectivity index (χ3n) is 2.35. The van der Waals surface area contributed by atoms with E-state index in [4.69, 9.17) is 5.73 Å². The summed E-state index contributed by atoms with van der Waals surface area (Å²) in [5.74, 6) is 0. The Balaban J connectivity index is 2.11. The Morgan fingerprint density at radius 3 is 2.86 bits per heavy atom. The molecule has 14 heavy (non-hydrogen) atoms. The van der Waals surface area contributed by atoms with Crippen LogP contribution in [-0.2, 0) is 6.54 Å². The van der Waals surface area contributed by atoms with Crippen LogP contribution in [0.2, 0.25) is 0 Å². The van der Waals surface area contributed by atoms with E-state index in [-0.39, 0.29) is 0 Å². The van der Waals surface area contributed by atoms with Gasteiger partial charge in [-0.1, -0.05) is 0 Å². The quantitative estimate of drug-likeness (QED) is 0.662. The maximum atomic E-state index is 9.63. The van der Waals surface area contributed by atoms with Crippen LogP contribution in [0.1, 0.15) is 26.2 Å². The molecule has 0 bridgehead atoms. The summed E-state index contributed by atoms with van der Waals surface area (Å²) >= 11 is 0. The molecule has 0 aliphatic heterocycles. The summed E-state index contributed by atoms with van der Waals surface area (Å²) in [5.41, 5.74) is 4.71. The van der Waals surface area contributed by atoms with Crippen molar-refractivity contribution >= 4 is 0 Å². The molecule has 1 heterocycles. The van der Waals surface area contributed by atoms with Crippen LogP contribution in [0.25, 0.3) is 0 Å². The smallest absolute Gasteiger partial charge is 0.0741 e. The largest absolute Gasteiger partial charge is 0.389 e. The molecule has 1 rings (SSSR count). The Hall–Kier alpha value is -0.870. The number of nitrogens with zero attached hydrogens (tertiary/aromatic N) is 2. The van der Waals surface area contributed by atoms with E-state index in [2.05, 4.69) is 5.10 Å². The first-order chi connectivity index (χ1) is 6.64. The molecular weight excluding hydrogens is 178 g/mol. The molecule has 0 aliphatic rings. The van der Waals surface area contributed by atoms with E-state index in [1.54, 1.807) is 13.1 Å². The van der Waals surface area contributed by atoms with Crippen LogP contribution in [0.3, 0.4) is 0 Å². The molecule has 4 heteroatoms. The van der Waals surface area contributed by atoms with Crippen LogP contribution in [0.4, 0.5) is 0 Å². The van der Waals surface area contributed by atoms with Crippen molar-refractivity contribution in [3.8, 4) is 0 Å². The van der Waals surface area contributed by atoms with Gasteiger partial charge in [-0.3, -0.25) is 4.68 Å². The van der Waals surface area contributed by atoms with E-state index in [1.165, 1.54) is 0 Å². The Bertz CT molecular complexity index is 244. The second-order valence-corrected chi connectivity index (χ2v) is 3.93. The van der Waals surface area contributed by atoms with Crippen molar-refractivity contribution < 1.29 is 5.11 Å². The van der Waals surface area contributed by atoms with Gasteiger partial charge in [-0.15, -0.1) is 0 Å². The summed E-state index contributed by atoms with van der Waals surface area (Å²) in [6.07, 6.45) is 6.48. The zero-order valence-corrected chi connectivity index (χ0v) is 8.69. The predicted molar refractivity (Wildman–Crippen MR) is 55.8 cm³/mol. The fourth-order valence-corrected chi connectivity index (χ4v) is 1.31. The second kappa shape index (κ2) is 5.12. The minimum atomic E-state index is -0.704. The third kappa shape index (κ3) is 3.89. The summed E-state index contributed by atoms with van der Waals surface area (Å²) in [6, 6.07) is 1.91. The van der Waals surface area contributed by atoms with Gasteiger partial charge in [0.15, 0.2) is 0 Å². The Morgan fingerprint density at radius 2 is 2.29 bits per heavy atom. The molecule has 0 radical (unpaired) electrons. The van der Waals surface area contributed by atoms with Gasteiger partial charge in [0.05, 0.1) is 5.60 Å². The molecule has 0 saturated carbocycles. The van der Waals surface area contributed by atoms with Crippen LogP contribution >= 0.6 is 0 Å². The lowest BCUT2D eigenvalue weighted by atomic mass is 9.99. The highest BCUT2D eigenvalue weighted by molar-refractivity contribution is 4.78. The zero-order valence-electron chi connectivity index (χ0n) is 8.69. The Kier molecular flexibility index (Phi) is 4.10. The number of hydrogen-bond acceptors (Lipinski definition) is 3. The fraction of sp³-hybridized carbons (Fsp3) is 0.700. The van der Waals surface area contributed by atoms with Gasteiger partial charge in [-0.25, -0.2) is 0 Å². The fourth-order valence-electron chi connectivity index (χ4n) is 1.31. The summed E-state index contributed by atoms with van der Waals surface area (Å²) in [4.78, 5) is 0. The van der Waals surface area contributed by atoms with E-state index < -0.39 is 5.60 Å². The molecule has 0 spiro atoms. The first kappa shape index (κ1) is 11.2. The normalized spacial score (nSPS) is 15.4. The Morgan fingerprint density at radius 1 is 1.50 bits per heavy atom. The molecule has 0 fully saturated rings. The van der Waals surface area contributed by atoms with Gasteiger partial charge < -0.3 is 10.8 Å².